The molecule has 0 fully saturated rings. The fourth-order valence-corrected chi connectivity index (χ4v) is 5.34. The molecule has 0 amide bonds. The first-order valence-corrected chi connectivity index (χ1v) is 12.0. The molecule has 0 aromatic heterocycles. The summed E-state index contributed by atoms with van der Waals surface area (Å²) in [5.74, 6) is 0.119. The number of hydrogen-bond donors (Lipinski definition) is 0. The first-order chi connectivity index (χ1) is 17.1. The first kappa shape index (κ1) is 22.7. The molecule has 0 unspecified atom stereocenters. The van der Waals surface area contributed by atoms with Crippen LogP contribution in [0.4, 0.5) is 0 Å². The van der Waals surface area contributed by atoms with Gasteiger partial charge < -0.3 is 0 Å². The van der Waals surface area contributed by atoms with Crippen molar-refractivity contribution in [1.82, 2.24) is 0 Å². The van der Waals surface area contributed by atoms with E-state index in [9.17, 15) is 14.4 Å². The molecule has 0 saturated carbocycles. The molecule has 4 aromatic carbocycles. The van der Waals surface area contributed by atoms with Gasteiger partial charge in [0.25, 0.3) is 0 Å². The molecule has 0 heterocycles. The van der Waals surface area contributed by atoms with Crippen LogP contribution in [0.5, 0.6) is 0 Å². The minimum Gasteiger partial charge on any atom is -0.294 e. The number of carbonyl (C=O) groups excluding carboxylic acids is 3. The Kier molecular flexibility index (Phi) is 6.24. The molecule has 0 aliphatic heterocycles. The molecule has 3 nitrogen and oxygen atoms in total. The number of rotatable bonds is 8. The van der Waals surface area contributed by atoms with Gasteiger partial charge in [-0.15, -0.1) is 0 Å². The van der Waals surface area contributed by atoms with E-state index in [0.29, 0.717) is 47.9 Å². The van der Waals surface area contributed by atoms with E-state index in [0.717, 1.165) is 11.1 Å². The monoisotopic (exact) mass is 458 g/mol. The molecule has 0 spiro atoms. The van der Waals surface area contributed by atoms with Gasteiger partial charge in [0.1, 0.15) is 0 Å². The number of carbonyl (C=O) groups is 3. The molecule has 4 aromatic rings. The van der Waals surface area contributed by atoms with Crippen LogP contribution in [0.3, 0.4) is 0 Å². The van der Waals surface area contributed by atoms with E-state index in [1.165, 1.54) is 0 Å². The number of benzene rings is 4. The minimum absolute atomic E-state index is 0.00408. The lowest BCUT2D eigenvalue weighted by atomic mass is 9.61. The second kappa shape index (κ2) is 9.63. The van der Waals surface area contributed by atoms with Gasteiger partial charge in [0.05, 0.1) is 0 Å². The molecular weight excluding hydrogens is 432 g/mol. The zero-order chi connectivity index (χ0) is 24.3. The largest absolute Gasteiger partial charge is 0.294 e. The van der Waals surface area contributed by atoms with Crippen molar-refractivity contribution < 1.29 is 14.4 Å². The summed E-state index contributed by atoms with van der Waals surface area (Å²) in [5.41, 5.74) is 3.87. The van der Waals surface area contributed by atoms with Crippen LogP contribution in [0.25, 0.3) is 0 Å². The van der Waals surface area contributed by atoms with Crippen LogP contribution in [-0.2, 0) is 5.41 Å². The normalized spacial score (nSPS) is 13.5. The van der Waals surface area contributed by atoms with Gasteiger partial charge >= 0.3 is 0 Å². The summed E-state index contributed by atoms with van der Waals surface area (Å²) in [6.45, 7) is 0. The molecule has 0 N–H and O–H groups in total. The van der Waals surface area contributed by atoms with Gasteiger partial charge in [-0.3, -0.25) is 14.4 Å². The summed E-state index contributed by atoms with van der Waals surface area (Å²) in [7, 11) is 0. The van der Waals surface area contributed by atoms with E-state index >= 15 is 0 Å². The minimum atomic E-state index is -0.615. The van der Waals surface area contributed by atoms with Crippen LogP contribution >= 0.6 is 0 Å². The van der Waals surface area contributed by atoms with E-state index in [-0.39, 0.29) is 17.3 Å². The number of Topliss-reactive ketones (excluding diaryl/α,β-unsaturated/α-hetero) is 2. The lowest BCUT2D eigenvalue weighted by Crippen LogP contribution is -2.37. The van der Waals surface area contributed by atoms with Gasteiger partial charge in [-0.25, -0.2) is 0 Å². The quantitative estimate of drug-likeness (QED) is 0.272. The third kappa shape index (κ3) is 4.26. The Balaban J connectivity index is 1.57. The van der Waals surface area contributed by atoms with Gasteiger partial charge in [-0.1, -0.05) is 109 Å². The van der Waals surface area contributed by atoms with E-state index in [2.05, 4.69) is 0 Å². The molecule has 0 radical (unpaired) electrons. The van der Waals surface area contributed by atoms with Crippen molar-refractivity contribution in [3.63, 3.8) is 0 Å². The van der Waals surface area contributed by atoms with Crippen molar-refractivity contribution in [3.05, 3.63) is 143 Å². The molecule has 5 rings (SSSR count). The van der Waals surface area contributed by atoms with Gasteiger partial charge in [-0.05, 0) is 24.0 Å². The van der Waals surface area contributed by atoms with E-state index < -0.39 is 5.41 Å². The van der Waals surface area contributed by atoms with Crippen molar-refractivity contribution in [1.29, 1.82) is 0 Å². The molecule has 0 bridgehead atoms. The van der Waals surface area contributed by atoms with Gasteiger partial charge in [0, 0.05) is 40.5 Å². The Morgan fingerprint density at radius 3 is 1.31 bits per heavy atom. The summed E-state index contributed by atoms with van der Waals surface area (Å²) in [5, 5.41) is 0. The molecule has 172 valence electrons. The summed E-state index contributed by atoms with van der Waals surface area (Å²) >= 11 is 0. The Bertz CT molecular complexity index is 1280. The third-order valence-corrected chi connectivity index (χ3v) is 7.12. The highest BCUT2D eigenvalue weighted by Crippen LogP contribution is 2.48. The Labute approximate surface area is 205 Å². The first-order valence-electron chi connectivity index (χ1n) is 12.0. The SMILES string of the molecule is O=C(CCC1(CCC(=O)c2ccccc2)c2ccccc2C(=O)c2ccccc21)c1ccccc1. The molecule has 1 aliphatic rings. The van der Waals surface area contributed by atoms with Crippen LogP contribution in [0.1, 0.15) is 73.4 Å². The van der Waals surface area contributed by atoms with Crippen molar-refractivity contribution in [2.45, 2.75) is 31.1 Å². The summed E-state index contributed by atoms with van der Waals surface area (Å²) in [6, 6.07) is 33.9. The van der Waals surface area contributed by atoms with Crippen LogP contribution in [0, 0.1) is 0 Å². The van der Waals surface area contributed by atoms with Gasteiger partial charge in [-0.2, -0.15) is 0 Å². The highest BCUT2D eigenvalue weighted by Gasteiger charge is 2.43. The van der Waals surface area contributed by atoms with E-state index in [1.807, 2.05) is 109 Å². The van der Waals surface area contributed by atoms with Gasteiger partial charge in [0.15, 0.2) is 17.3 Å². The van der Waals surface area contributed by atoms with Crippen molar-refractivity contribution in [2.75, 3.05) is 0 Å². The number of fused-ring (bicyclic) bond motifs is 2. The van der Waals surface area contributed by atoms with Crippen LogP contribution in [-0.4, -0.2) is 17.3 Å². The molecule has 35 heavy (non-hydrogen) atoms. The Hall–Kier alpha value is -4.11. The number of hydrogen-bond acceptors (Lipinski definition) is 3. The summed E-state index contributed by atoms with van der Waals surface area (Å²) in [6.07, 6.45) is 1.68. The zero-order valence-electron chi connectivity index (χ0n) is 19.4. The molecule has 3 heteroatoms. The molecule has 0 atom stereocenters. The molecule has 0 saturated heterocycles. The fourth-order valence-electron chi connectivity index (χ4n) is 5.34. The lowest BCUT2D eigenvalue weighted by Gasteiger charge is -2.40. The highest BCUT2D eigenvalue weighted by molar-refractivity contribution is 6.13. The van der Waals surface area contributed by atoms with Crippen LogP contribution in [0.15, 0.2) is 109 Å². The summed E-state index contributed by atoms with van der Waals surface area (Å²) < 4.78 is 0. The van der Waals surface area contributed by atoms with Crippen molar-refractivity contribution in [2.24, 2.45) is 0 Å². The maximum Gasteiger partial charge on any atom is 0.193 e. The maximum atomic E-state index is 13.4. The topological polar surface area (TPSA) is 51.2 Å². The zero-order valence-corrected chi connectivity index (χ0v) is 19.4. The highest BCUT2D eigenvalue weighted by atomic mass is 16.1. The lowest BCUT2D eigenvalue weighted by molar-refractivity contribution is 0.0963. The predicted octanol–water partition coefficient (Wildman–Crippen LogP) is 6.84. The Morgan fingerprint density at radius 1 is 0.514 bits per heavy atom. The second-order valence-corrected chi connectivity index (χ2v) is 9.08. The summed E-state index contributed by atoms with van der Waals surface area (Å²) in [4.78, 5) is 39.7. The average Bonchev–Trinajstić information content (AvgIpc) is 2.93. The van der Waals surface area contributed by atoms with Crippen molar-refractivity contribution >= 4 is 17.3 Å². The Morgan fingerprint density at radius 2 is 0.886 bits per heavy atom. The van der Waals surface area contributed by atoms with Crippen LogP contribution < -0.4 is 0 Å². The smallest absolute Gasteiger partial charge is 0.193 e. The van der Waals surface area contributed by atoms with Crippen LogP contribution in [0.2, 0.25) is 0 Å². The van der Waals surface area contributed by atoms with Gasteiger partial charge in [0.2, 0.25) is 0 Å². The molecular formula is C32H26O3. The second-order valence-electron chi connectivity index (χ2n) is 9.08. The molecule has 1 aliphatic carbocycles. The van der Waals surface area contributed by atoms with Crippen molar-refractivity contribution in [3.8, 4) is 0 Å². The van der Waals surface area contributed by atoms with E-state index in [1.54, 1.807) is 0 Å². The standard InChI is InChI=1S/C32H26O3/c33-29(23-11-3-1-4-12-23)19-21-32(22-20-30(34)24-13-5-2-6-14-24)27-17-9-7-15-25(27)31(35)26-16-8-10-18-28(26)32/h1-18H,19-22H2. The van der Waals surface area contributed by atoms with E-state index in [4.69, 9.17) is 0 Å². The predicted molar refractivity (Wildman–Crippen MR) is 137 cm³/mol. The average molecular weight is 459 g/mol. The number of ketones is 3. The fraction of sp³-hybridized carbons (Fsp3) is 0.156. The third-order valence-electron chi connectivity index (χ3n) is 7.12. The maximum absolute atomic E-state index is 13.4.